The number of nitrogens with two attached hydrogens (primary N) is 1. The fourth-order valence-electron chi connectivity index (χ4n) is 1.52. The van der Waals surface area contributed by atoms with Gasteiger partial charge in [0.05, 0.1) is 13.2 Å². The number of halogens is 1. The van der Waals surface area contributed by atoms with Gasteiger partial charge in [-0.15, -0.1) is 30.6 Å². The molecule has 1 aliphatic rings. The zero-order chi connectivity index (χ0) is 13.5. The van der Waals surface area contributed by atoms with Crippen molar-refractivity contribution >= 4 is 29.9 Å². The number of ether oxygens (including phenoxy) is 1. The van der Waals surface area contributed by atoms with Gasteiger partial charge in [0, 0.05) is 18.8 Å². The van der Waals surface area contributed by atoms with Gasteiger partial charge in [-0.1, -0.05) is 6.08 Å². The van der Waals surface area contributed by atoms with Crippen LogP contribution < -0.4 is 15.8 Å². The highest BCUT2D eigenvalue weighted by Gasteiger charge is 2.22. The van der Waals surface area contributed by atoms with Crippen LogP contribution in [0.3, 0.4) is 0 Å². The Kier molecular flexibility index (Phi) is 7.35. The van der Waals surface area contributed by atoms with E-state index in [0.29, 0.717) is 24.9 Å². The minimum atomic E-state index is 0. The smallest absolute Gasteiger partial charge is 0.213 e. The third kappa shape index (κ3) is 6.23. The highest BCUT2D eigenvalue weighted by molar-refractivity contribution is 14.0. The first-order chi connectivity index (χ1) is 9.28. The average molecular weight is 388 g/mol. The van der Waals surface area contributed by atoms with Crippen molar-refractivity contribution in [1.82, 2.24) is 10.3 Å². The van der Waals surface area contributed by atoms with E-state index in [0.717, 1.165) is 18.1 Å². The summed E-state index contributed by atoms with van der Waals surface area (Å²) in [5.74, 6) is 1.80. The normalized spacial score (nSPS) is 14.3. The summed E-state index contributed by atoms with van der Waals surface area (Å²) in [6.07, 6.45) is 6.02. The molecule has 0 bridgehead atoms. The third-order valence-electron chi connectivity index (χ3n) is 2.82. The van der Waals surface area contributed by atoms with E-state index in [1.54, 1.807) is 12.3 Å². The molecule has 0 aliphatic heterocycles. The first kappa shape index (κ1) is 16.7. The van der Waals surface area contributed by atoms with Crippen LogP contribution in [0.2, 0.25) is 0 Å². The largest absolute Gasteiger partial charge is 0.477 e. The van der Waals surface area contributed by atoms with Crippen molar-refractivity contribution < 1.29 is 4.74 Å². The first-order valence-electron chi connectivity index (χ1n) is 6.50. The second kappa shape index (κ2) is 8.78. The van der Waals surface area contributed by atoms with Crippen molar-refractivity contribution in [3.05, 3.63) is 36.5 Å². The Bertz CT molecular complexity index is 460. The maximum atomic E-state index is 5.70. The summed E-state index contributed by atoms with van der Waals surface area (Å²) in [5, 5.41) is 2.93. The van der Waals surface area contributed by atoms with Crippen molar-refractivity contribution in [1.29, 1.82) is 0 Å². The maximum absolute atomic E-state index is 5.70. The van der Waals surface area contributed by atoms with E-state index in [1.165, 1.54) is 12.8 Å². The van der Waals surface area contributed by atoms with Gasteiger partial charge in [0.25, 0.3) is 0 Å². The molecule has 1 saturated carbocycles. The molecule has 0 saturated heterocycles. The predicted octanol–water partition coefficient (Wildman–Crippen LogP) is 2.08. The van der Waals surface area contributed by atoms with Crippen LogP contribution in [0.15, 0.2) is 36.0 Å². The molecular weight excluding hydrogens is 367 g/mol. The molecule has 0 spiro atoms. The molecule has 0 radical (unpaired) electrons. The SMILES string of the molecule is C=CCNC(N)=NCc1ccnc(OCC2CC2)c1.I. The molecule has 6 heteroatoms. The molecule has 1 aromatic rings. The topological polar surface area (TPSA) is 72.5 Å². The fraction of sp³-hybridized carbons (Fsp3) is 0.429. The zero-order valence-corrected chi connectivity index (χ0v) is 13.7. The summed E-state index contributed by atoms with van der Waals surface area (Å²) in [6.45, 7) is 5.50. The molecule has 0 unspecified atom stereocenters. The monoisotopic (exact) mass is 388 g/mol. The van der Waals surface area contributed by atoms with Crippen LogP contribution in [0, 0.1) is 5.92 Å². The summed E-state index contributed by atoms with van der Waals surface area (Å²) in [5.41, 5.74) is 6.73. The summed E-state index contributed by atoms with van der Waals surface area (Å²) in [7, 11) is 0. The van der Waals surface area contributed by atoms with Gasteiger partial charge in [0.2, 0.25) is 5.88 Å². The number of hydrogen-bond acceptors (Lipinski definition) is 3. The molecule has 20 heavy (non-hydrogen) atoms. The average Bonchev–Trinajstić information content (AvgIpc) is 3.25. The van der Waals surface area contributed by atoms with E-state index in [2.05, 4.69) is 21.9 Å². The first-order valence-corrected chi connectivity index (χ1v) is 6.50. The third-order valence-corrected chi connectivity index (χ3v) is 2.82. The van der Waals surface area contributed by atoms with Gasteiger partial charge in [0.1, 0.15) is 0 Å². The minimum Gasteiger partial charge on any atom is -0.477 e. The van der Waals surface area contributed by atoms with Crippen LogP contribution >= 0.6 is 24.0 Å². The number of nitrogens with one attached hydrogen (secondary N) is 1. The van der Waals surface area contributed by atoms with Crippen molar-refractivity contribution in [3.63, 3.8) is 0 Å². The van der Waals surface area contributed by atoms with Gasteiger partial charge < -0.3 is 15.8 Å². The Labute approximate surface area is 136 Å². The lowest BCUT2D eigenvalue weighted by Crippen LogP contribution is -2.31. The Morgan fingerprint density at radius 1 is 1.60 bits per heavy atom. The summed E-state index contributed by atoms with van der Waals surface area (Å²) in [4.78, 5) is 8.42. The Morgan fingerprint density at radius 2 is 2.40 bits per heavy atom. The van der Waals surface area contributed by atoms with Crippen LogP contribution in [-0.2, 0) is 6.54 Å². The number of nitrogens with zero attached hydrogens (tertiary/aromatic N) is 2. The highest BCUT2D eigenvalue weighted by Crippen LogP contribution is 2.29. The summed E-state index contributed by atoms with van der Waals surface area (Å²) < 4.78 is 5.62. The molecule has 110 valence electrons. The Morgan fingerprint density at radius 3 is 3.10 bits per heavy atom. The van der Waals surface area contributed by atoms with Gasteiger partial charge in [-0.05, 0) is 30.4 Å². The van der Waals surface area contributed by atoms with Gasteiger partial charge in [-0.2, -0.15) is 0 Å². The Balaban J connectivity index is 0.00000200. The zero-order valence-electron chi connectivity index (χ0n) is 11.4. The van der Waals surface area contributed by atoms with E-state index in [9.17, 15) is 0 Å². The molecule has 0 amide bonds. The van der Waals surface area contributed by atoms with E-state index >= 15 is 0 Å². The fourth-order valence-corrected chi connectivity index (χ4v) is 1.52. The van der Waals surface area contributed by atoms with Crippen LogP contribution in [0.4, 0.5) is 0 Å². The molecular formula is C14H21IN4O. The van der Waals surface area contributed by atoms with Gasteiger partial charge >= 0.3 is 0 Å². The highest BCUT2D eigenvalue weighted by atomic mass is 127. The minimum absolute atomic E-state index is 0. The van der Waals surface area contributed by atoms with Crippen molar-refractivity contribution in [2.45, 2.75) is 19.4 Å². The number of pyridine rings is 1. The molecule has 1 fully saturated rings. The number of rotatable bonds is 7. The molecule has 5 nitrogen and oxygen atoms in total. The van der Waals surface area contributed by atoms with Crippen LogP contribution in [-0.4, -0.2) is 24.1 Å². The summed E-state index contributed by atoms with van der Waals surface area (Å²) >= 11 is 0. The molecule has 1 aliphatic carbocycles. The number of guanidine groups is 1. The number of hydrogen-bond donors (Lipinski definition) is 2. The summed E-state index contributed by atoms with van der Waals surface area (Å²) in [6, 6.07) is 3.82. The van der Waals surface area contributed by atoms with Gasteiger partial charge in [-0.3, -0.25) is 0 Å². The van der Waals surface area contributed by atoms with Gasteiger partial charge in [0.15, 0.2) is 5.96 Å². The van der Waals surface area contributed by atoms with Crippen LogP contribution in [0.1, 0.15) is 18.4 Å². The second-order valence-electron chi connectivity index (χ2n) is 4.63. The predicted molar refractivity (Wildman–Crippen MR) is 91.4 cm³/mol. The van der Waals surface area contributed by atoms with Crippen molar-refractivity contribution in [2.24, 2.45) is 16.6 Å². The van der Waals surface area contributed by atoms with Crippen molar-refractivity contribution in [2.75, 3.05) is 13.2 Å². The lowest BCUT2D eigenvalue weighted by molar-refractivity contribution is 0.288. The number of aromatic nitrogens is 1. The van der Waals surface area contributed by atoms with E-state index in [4.69, 9.17) is 10.5 Å². The maximum Gasteiger partial charge on any atom is 0.213 e. The molecule has 1 aromatic heterocycles. The molecule has 3 N–H and O–H groups in total. The molecule has 0 aromatic carbocycles. The van der Waals surface area contributed by atoms with Crippen LogP contribution in [0.25, 0.3) is 0 Å². The quantitative estimate of drug-likeness (QED) is 0.325. The Hall–Kier alpha value is -1.31. The molecule has 0 atom stereocenters. The lowest BCUT2D eigenvalue weighted by Gasteiger charge is -2.06. The second-order valence-corrected chi connectivity index (χ2v) is 4.63. The number of aliphatic imine (C=N–C) groups is 1. The van der Waals surface area contributed by atoms with Gasteiger partial charge in [-0.25, -0.2) is 9.98 Å². The lowest BCUT2D eigenvalue weighted by atomic mass is 10.3. The standard InChI is InChI=1S/C14H20N4O.HI/c1-2-6-17-14(15)18-9-12-5-7-16-13(8-12)19-10-11-3-4-11;/h2,5,7-8,11H,1,3-4,6,9-10H2,(H3,15,17,18);1H. The van der Waals surface area contributed by atoms with E-state index < -0.39 is 0 Å². The van der Waals surface area contributed by atoms with Crippen LogP contribution in [0.5, 0.6) is 5.88 Å². The van der Waals surface area contributed by atoms with Crippen molar-refractivity contribution in [3.8, 4) is 5.88 Å². The molecule has 2 rings (SSSR count). The molecule has 1 heterocycles. The van der Waals surface area contributed by atoms with E-state index in [1.807, 2.05) is 12.1 Å². The van der Waals surface area contributed by atoms with E-state index in [-0.39, 0.29) is 24.0 Å².